The topological polar surface area (TPSA) is 0 Å². The van der Waals surface area contributed by atoms with Crippen molar-refractivity contribution in [2.75, 3.05) is 0 Å². The molecule has 0 rings (SSSR count). The van der Waals surface area contributed by atoms with Crippen molar-refractivity contribution in [2.45, 2.75) is 685 Å². The van der Waals surface area contributed by atoms with Crippen LogP contribution >= 0.6 is 0 Å². The molecule has 0 fully saturated rings. The first-order chi connectivity index (χ1) is 54.7. The molecule has 668 valence electrons. The van der Waals surface area contributed by atoms with E-state index in [2.05, 4.69) is 41.5 Å². The summed E-state index contributed by atoms with van der Waals surface area (Å²) >= 11 is -2.31. The van der Waals surface area contributed by atoms with Gasteiger partial charge in [0.1, 0.15) is 0 Å². The molecule has 0 atom stereocenters. The molecule has 111 heavy (non-hydrogen) atoms. The second-order valence-corrected chi connectivity index (χ2v) is 54.9. The quantitative estimate of drug-likeness (QED) is 0.0421. The van der Waals surface area contributed by atoms with Crippen LogP contribution in [0.5, 0.6) is 0 Å². The SMILES string of the molecule is CCCCCCCCCCCCCCCCC[CH2][Sn+]([CH2]CCCCCCCCCCCCCCCCC)[CH2]CCCCCCCCCCCCCCCCC.CCCCCCCCCCCCCCCCC[CH2][Sn+]([CH2]CCCCCCCCCCCCCCCCC)[CH2]CCCCCCCCCCCCCCCCC.[S-2]. The minimum absolute atomic E-state index is 0. The molecule has 0 unspecified atom stereocenters. The Morgan fingerprint density at radius 1 is 0.0811 bits per heavy atom. The molecule has 0 heterocycles. The van der Waals surface area contributed by atoms with E-state index in [0.717, 1.165) is 0 Å². The van der Waals surface area contributed by atoms with Crippen molar-refractivity contribution in [3.8, 4) is 0 Å². The zero-order valence-corrected chi connectivity index (χ0v) is 86.1. The molecular weight excluding hydrogens is 1570 g/mol. The maximum atomic E-state index is 2.32. The number of rotatable bonds is 102. The summed E-state index contributed by atoms with van der Waals surface area (Å²) in [5.41, 5.74) is 0. The summed E-state index contributed by atoms with van der Waals surface area (Å²) in [4.78, 5) is 0. The Morgan fingerprint density at radius 2 is 0.135 bits per heavy atom. The smallest absolute Gasteiger partial charge is 2.00 e. The van der Waals surface area contributed by atoms with Crippen LogP contribution < -0.4 is 0 Å². The first-order valence-corrected chi connectivity index (χ1v) is 66.5. The Morgan fingerprint density at radius 3 is 0.198 bits per heavy atom. The van der Waals surface area contributed by atoms with Gasteiger partial charge in [-0.15, -0.1) is 0 Å². The molecule has 0 aliphatic heterocycles. The van der Waals surface area contributed by atoms with Gasteiger partial charge in [0.2, 0.25) is 0 Å². The molecule has 0 aromatic rings. The molecule has 0 aromatic heterocycles. The molecule has 0 spiro atoms. The van der Waals surface area contributed by atoms with Crippen molar-refractivity contribution in [1.29, 1.82) is 0 Å². The van der Waals surface area contributed by atoms with Crippen molar-refractivity contribution in [3.63, 3.8) is 0 Å². The predicted molar refractivity (Wildman–Crippen MR) is 525 cm³/mol. The van der Waals surface area contributed by atoms with Crippen molar-refractivity contribution in [2.24, 2.45) is 0 Å². The van der Waals surface area contributed by atoms with Crippen LogP contribution in [-0.4, -0.2) is 39.5 Å². The Kier molecular flexibility index (Phi) is 120. The summed E-state index contributed by atoms with van der Waals surface area (Å²) in [6.07, 6.45) is 144. The number of hydrogen-bond acceptors (Lipinski definition) is 0. The van der Waals surface area contributed by atoms with Crippen LogP contribution in [0.4, 0.5) is 0 Å². The molecule has 0 bridgehead atoms. The molecule has 3 heteroatoms. The third-order valence-electron chi connectivity index (χ3n) is 26.3. The van der Waals surface area contributed by atoms with Gasteiger partial charge in [-0.25, -0.2) is 0 Å². The second kappa shape index (κ2) is 114. The van der Waals surface area contributed by atoms with Crippen molar-refractivity contribution in [1.82, 2.24) is 0 Å². The molecule has 0 saturated carbocycles. The van der Waals surface area contributed by atoms with Crippen molar-refractivity contribution >= 4 is 53.0 Å². The molecule has 0 nitrogen and oxygen atoms in total. The van der Waals surface area contributed by atoms with E-state index in [4.69, 9.17) is 0 Å². The minimum Gasteiger partial charge on any atom is -2.00 e. The molecule has 0 aliphatic carbocycles. The van der Waals surface area contributed by atoms with Crippen LogP contribution in [0.2, 0.25) is 26.6 Å². The average molecular weight is 1790 g/mol. The van der Waals surface area contributed by atoms with Crippen LogP contribution in [0.25, 0.3) is 0 Å². The normalized spacial score (nSPS) is 11.5. The second-order valence-electron chi connectivity index (χ2n) is 37.8. The third-order valence-corrected chi connectivity index (χ3v) is 44.5. The number of unbranched alkanes of at least 4 members (excludes halogenated alkanes) is 90. The predicted octanol–water partition coefficient (Wildman–Crippen LogP) is 42.5. The molecule has 0 saturated heterocycles. The maximum absolute atomic E-state index is 2.32. The zero-order valence-electron chi connectivity index (χ0n) is 79.5. The van der Waals surface area contributed by atoms with Gasteiger partial charge >= 0.3 is 490 Å². The first kappa shape index (κ1) is 117. The van der Waals surface area contributed by atoms with Crippen LogP contribution in [0.15, 0.2) is 0 Å². The van der Waals surface area contributed by atoms with Crippen molar-refractivity contribution in [3.05, 3.63) is 0 Å². The molecular formula is C108H222SSn2. The fraction of sp³-hybridized carbons (Fsp3) is 1.00. The van der Waals surface area contributed by atoms with Gasteiger partial charge < -0.3 is 13.5 Å². The fourth-order valence-electron chi connectivity index (χ4n) is 18.3. The summed E-state index contributed by atoms with van der Waals surface area (Å²) in [5.74, 6) is 0. The summed E-state index contributed by atoms with van der Waals surface area (Å²) in [7, 11) is 0. The zero-order chi connectivity index (χ0) is 79.3. The molecule has 0 aromatic carbocycles. The Bertz CT molecular complexity index is 1200. The van der Waals surface area contributed by atoms with Crippen LogP contribution in [0, 0.1) is 0 Å². The van der Waals surface area contributed by atoms with E-state index in [1.165, 1.54) is 539 Å². The number of hydrogen-bond donors (Lipinski definition) is 0. The van der Waals surface area contributed by atoms with Gasteiger partial charge in [-0.2, -0.15) is 0 Å². The van der Waals surface area contributed by atoms with E-state index in [-0.39, 0.29) is 13.5 Å². The van der Waals surface area contributed by atoms with Crippen LogP contribution in [0.1, 0.15) is 658 Å². The summed E-state index contributed by atoms with van der Waals surface area (Å²) in [6, 6.07) is 0. The monoisotopic (exact) mass is 1790 g/mol. The molecule has 0 amide bonds. The van der Waals surface area contributed by atoms with Gasteiger partial charge in [-0.05, 0) is 0 Å². The van der Waals surface area contributed by atoms with Gasteiger partial charge in [0.05, 0.1) is 0 Å². The van der Waals surface area contributed by atoms with E-state index in [1.54, 1.807) is 104 Å². The molecule has 0 N–H and O–H groups in total. The molecule has 0 aliphatic rings. The summed E-state index contributed by atoms with van der Waals surface area (Å²) in [5, 5.41) is 0. The Labute approximate surface area is 731 Å². The third kappa shape index (κ3) is 112. The first-order valence-electron chi connectivity index (χ1n) is 54.4. The van der Waals surface area contributed by atoms with Crippen LogP contribution in [-0.2, 0) is 13.5 Å². The standard InChI is InChI=1S/6C18H37.S.2Sn/c6*1-3-5-7-9-11-13-15-17-18-16-14-12-10-8-6-4-2;;;/h6*1,3-18H2,2H3;;;/q;;;;;;-2;2*+1. The average Bonchev–Trinajstić information content (AvgIpc) is 1.09. The van der Waals surface area contributed by atoms with Gasteiger partial charge in [-0.3, -0.25) is 0 Å². The van der Waals surface area contributed by atoms with E-state index in [0.29, 0.717) is 0 Å². The van der Waals surface area contributed by atoms with Gasteiger partial charge in [0.25, 0.3) is 0 Å². The summed E-state index contributed by atoms with van der Waals surface area (Å²) < 4.78 is 10.4. The van der Waals surface area contributed by atoms with Crippen LogP contribution in [0.3, 0.4) is 0 Å². The summed E-state index contributed by atoms with van der Waals surface area (Å²) in [6.45, 7) is 13.9. The van der Waals surface area contributed by atoms with E-state index >= 15 is 0 Å². The minimum atomic E-state index is -1.16. The fourth-order valence-corrected chi connectivity index (χ4v) is 35.4. The Hall–Kier alpha value is 1.95. The van der Waals surface area contributed by atoms with E-state index in [9.17, 15) is 0 Å². The van der Waals surface area contributed by atoms with E-state index in [1.807, 2.05) is 0 Å². The molecule has 0 radical (unpaired) electrons. The van der Waals surface area contributed by atoms with Crippen molar-refractivity contribution < 1.29 is 0 Å². The van der Waals surface area contributed by atoms with E-state index < -0.39 is 39.5 Å². The van der Waals surface area contributed by atoms with Gasteiger partial charge in [0.15, 0.2) is 0 Å². The van der Waals surface area contributed by atoms with Gasteiger partial charge in [0, 0.05) is 0 Å². The Balaban J connectivity index is -0.00000208. The van der Waals surface area contributed by atoms with Gasteiger partial charge in [-0.1, -0.05) is 234 Å².